The number of nitriles is 1. The number of carbonyl (C=O) groups is 1. The highest BCUT2D eigenvalue weighted by atomic mass is 32.2. The number of rotatable bonds is 8. The first-order chi connectivity index (χ1) is 15.2. The Morgan fingerprint density at radius 1 is 1.29 bits per heavy atom. The number of benzene rings is 1. The minimum atomic E-state index is -0.0827. The molecule has 0 saturated heterocycles. The monoisotopic (exact) mass is 449 g/mol. The lowest BCUT2D eigenvalue weighted by molar-refractivity contribution is -0.115. The second-order valence-electron chi connectivity index (χ2n) is 7.24. The molecule has 1 amide bonds. The van der Waals surface area contributed by atoms with E-state index in [4.69, 9.17) is 0 Å². The third kappa shape index (κ3) is 4.73. The fourth-order valence-corrected chi connectivity index (χ4v) is 5.83. The maximum absolute atomic E-state index is 12.5. The summed E-state index contributed by atoms with van der Waals surface area (Å²) in [6.07, 6.45) is 6.35. The van der Waals surface area contributed by atoms with E-state index in [1.54, 1.807) is 11.3 Å². The predicted molar refractivity (Wildman–Crippen MR) is 125 cm³/mol. The smallest absolute Gasteiger partial charge is 0.225 e. The number of hydrogen-bond acceptors (Lipinski definition) is 6. The maximum Gasteiger partial charge on any atom is 0.225 e. The zero-order valence-corrected chi connectivity index (χ0v) is 18.8. The van der Waals surface area contributed by atoms with E-state index in [1.165, 1.54) is 16.6 Å². The SMILES string of the molecule is C=CCn1c(SCCC(=O)Nc2sc3c(c2C#N)CCCC3)nnc1-c1ccccc1. The van der Waals surface area contributed by atoms with Gasteiger partial charge in [0.1, 0.15) is 11.1 Å². The van der Waals surface area contributed by atoms with Crippen LogP contribution in [-0.2, 0) is 24.2 Å². The van der Waals surface area contributed by atoms with Gasteiger partial charge >= 0.3 is 0 Å². The van der Waals surface area contributed by atoms with Gasteiger partial charge in [-0.15, -0.1) is 28.1 Å². The molecule has 158 valence electrons. The average Bonchev–Trinajstić information content (AvgIpc) is 3.35. The van der Waals surface area contributed by atoms with Crippen LogP contribution in [0.4, 0.5) is 5.00 Å². The second kappa shape index (κ2) is 9.94. The zero-order chi connectivity index (χ0) is 21.6. The highest BCUT2D eigenvalue weighted by Crippen LogP contribution is 2.37. The van der Waals surface area contributed by atoms with Gasteiger partial charge in [-0.25, -0.2) is 0 Å². The number of fused-ring (bicyclic) bond motifs is 1. The number of thioether (sulfide) groups is 1. The van der Waals surface area contributed by atoms with Crippen molar-refractivity contribution in [1.29, 1.82) is 5.26 Å². The number of allylic oxidation sites excluding steroid dienone is 1. The molecule has 0 radical (unpaired) electrons. The summed E-state index contributed by atoms with van der Waals surface area (Å²) in [5, 5.41) is 22.6. The molecule has 0 unspecified atom stereocenters. The van der Waals surface area contributed by atoms with Crippen molar-refractivity contribution in [2.24, 2.45) is 0 Å². The minimum Gasteiger partial charge on any atom is -0.317 e. The normalized spacial score (nSPS) is 12.7. The van der Waals surface area contributed by atoms with Gasteiger partial charge in [-0.05, 0) is 31.2 Å². The Hall–Kier alpha value is -2.89. The van der Waals surface area contributed by atoms with Crippen molar-refractivity contribution in [3.63, 3.8) is 0 Å². The van der Waals surface area contributed by atoms with Crippen LogP contribution in [-0.4, -0.2) is 26.4 Å². The number of carbonyl (C=O) groups excluding carboxylic acids is 1. The van der Waals surface area contributed by atoms with Gasteiger partial charge < -0.3 is 5.32 Å². The van der Waals surface area contributed by atoms with E-state index >= 15 is 0 Å². The summed E-state index contributed by atoms with van der Waals surface area (Å²) in [7, 11) is 0. The van der Waals surface area contributed by atoms with Crippen LogP contribution in [0, 0.1) is 11.3 Å². The molecule has 0 atom stereocenters. The van der Waals surface area contributed by atoms with Crippen LogP contribution in [0.2, 0.25) is 0 Å². The van der Waals surface area contributed by atoms with Crippen LogP contribution in [0.3, 0.4) is 0 Å². The number of thiophene rings is 1. The topological polar surface area (TPSA) is 83.6 Å². The molecule has 0 fully saturated rings. The fourth-order valence-electron chi connectivity index (χ4n) is 3.69. The Bertz CT molecular complexity index is 1130. The highest BCUT2D eigenvalue weighted by molar-refractivity contribution is 7.99. The molecule has 1 aromatic carbocycles. The summed E-state index contributed by atoms with van der Waals surface area (Å²) >= 11 is 3.05. The summed E-state index contributed by atoms with van der Waals surface area (Å²) < 4.78 is 2.01. The standard InChI is InChI=1S/C23H23N5OS2/c1-2-13-28-21(16-8-4-3-5-9-16)26-27-23(28)30-14-12-20(29)25-22-18(15-24)17-10-6-7-11-19(17)31-22/h2-5,8-9H,1,6-7,10-14H2,(H,25,29). The van der Waals surface area contributed by atoms with E-state index in [1.807, 2.05) is 41.0 Å². The van der Waals surface area contributed by atoms with Gasteiger partial charge in [0.15, 0.2) is 11.0 Å². The van der Waals surface area contributed by atoms with Crippen molar-refractivity contribution in [3.8, 4) is 17.5 Å². The van der Waals surface area contributed by atoms with Gasteiger partial charge in [0.25, 0.3) is 0 Å². The molecule has 8 heteroatoms. The van der Waals surface area contributed by atoms with Crippen LogP contribution in [0.1, 0.15) is 35.3 Å². The van der Waals surface area contributed by atoms with E-state index in [-0.39, 0.29) is 5.91 Å². The molecule has 0 bridgehead atoms. The number of anilines is 1. The first kappa shape index (κ1) is 21.3. The lowest BCUT2D eigenvalue weighted by atomic mass is 9.96. The first-order valence-electron chi connectivity index (χ1n) is 10.3. The van der Waals surface area contributed by atoms with Crippen LogP contribution < -0.4 is 5.32 Å². The quantitative estimate of drug-likeness (QED) is 0.384. The molecule has 4 rings (SSSR count). The second-order valence-corrected chi connectivity index (χ2v) is 9.41. The lowest BCUT2D eigenvalue weighted by Crippen LogP contribution is -2.12. The van der Waals surface area contributed by atoms with Gasteiger partial charge in [0.05, 0.1) is 5.56 Å². The van der Waals surface area contributed by atoms with Gasteiger partial charge in [-0.1, -0.05) is 48.2 Å². The van der Waals surface area contributed by atoms with E-state index < -0.39 is 0 Å². The minimum absolute atomic E-state index is 0.0827. The van der Waals surface area contributed by atoms with Crippen LogP contribution in [0.15, 0.2) is 48.1 Å². The fraction of sp³-hybridized carbons (Fsp3) is 0.304. The number of aryl methyl sites for hydroxylation is 1. The number of aromatic nitrogens is 3. The Morgan fingerprint density at radius 2 is 2.10 bits per heavy atom. The van der Waals surface area contributed by atoms with Gasteiger partial charge in [0, 0.05) is 29.2 Å². The first-order valence-corrected chi connectivity index (χ1v) is 12.1. The van der Waals surface area contributed by atoms with Crippen molar-refractivity contribution >= 4 is 34.0 Å². The number of amides is 1. The van der Waals surface area contributed by atoms with E-state index in [2.05, 4.69) is 28.2 Å². The summed E-state index contributed by atoms with van der Waals surface area (Å²) in [5.41, 5.74) is 2.78. The number of nitrogens with zero attached hydrogens (tertiary/aromatic N) is 4. The van der Waals surface area contributed by atoms with E-state index in [0.717, 1.165) is 47.8 Å². The third-order valence-corrected chi connectivity index (χ3v) is 7.33. The molecule has 1 aliphatic rings. The van der Waals surface area contributed by atoms with Gasteiger partial charge in [-0.2, -0.15) is 5.26 Å². The Morgan fingerprint density at radius 3 is 2.87 bits per heavy atom. The lowest BCUT2D eigenvalue weighted by Gasteiger charge is -2.09. The third-order valence-electron chi connectivity index (χ3n) is 5.16. The Balaban J connectivity index is 1.39. The molecule has 2 aromatic heterocycles. The Labute approximate surface area is 190 Å². The van der Waals surface area contributed by atoms with E-state index in [0.29, 0.717) is 29.3 Å². The summed E-state index contributed by atoms with van der Waals surface area (Å²) in [6.45, 7) is 4.43. The molecule has 6 nitrogen and oxygen atoms in total. The van der Waals surface area contributed by atoms with Crippen molar-refractivity contribution < 1.29 is 4.79 Å². The molecule has 1 aliphatic carbocycles. The zero-order valence-electron chi connectivity index (χ0n) is 17.1. The molecule has 0 saturated carbocycles. The largest absolute Gasteiger partial charge is 0.317 e. The van der Waals surface area contributed by atoms with Crippen LogP contribution in [0.5, 0.6) is 0 Å². The van der Waals surface area contributed by atoms with Crippen molar-refractivity contribution in [2.45, 2.75) is 43.8 Å². The molecular weight excluding hydrogens is 426 g/mol. The van der Waals surface area contributed by atoms with Crippen LogP contribution in [0.25, 0.3) is 11.4 Å². The number of hydrogen-bond donors (Lipinski definition) is 1. The molecule has 0 aliphatic heterocycles. The van der Waals surface area contributed by atoms with Crippen molar-refractivity contribution in [2.75, 3.05) is 11.1 Å². The molecule has 0 spiro atoms. The summed E-state index contributed by atoms with van der Waals surface area (Å²) in [6, 6.07) is 12.2. The van der Waals surface area contributed by atoms with Crippen molar-refractivity contribution in [1.82, 2.24) is 14.8 Å². The summed E-state index contributed by atoms with van der Waals surface area (Å²) in [5.74, 6) is 1.28. The van der Waals surface area contributed by atoms with E-state index in [9.17, 15) is 10.1 Å². The summed E-state index contributed by atoms with van der Waals surface area (Å²) in [4.78, 5) is 13.8. The molecule has 2 heterocycles. The molecular formula is C23H23N5OS2. The number of nitrogens with one attached hydrogen (secondary N) is 1. The predicted octanol–water partition coefficient (Wildman–Crippen LogP) is 5.06. The molecule has 3 aromatic rings. The maximum atomic E-state index is 12.5. The van der Waals surface area contributed by atoms with Crippen molar-refractivity contribution in [3.05, 3.63) is 59.0 Å². The van der Waals surface area contributed by atoms with Gasteiger partial charge in [0.2, 0.25) is 5.91 Å². The van der Waals surface area contributed by atoms with Crippen LogP contribution >= 0.6 is 23.1 Å². The Kier molecular flexibility index (Phi) is 6.85. The highest BCUT2D eigenvalue weighted by Gasteiger charge is 2.22. The average molecular weight is 450 g/mol. The molecule has 31 heavy (non-hydrogen) atoms. The molecule has 1 N–H and O–H groups in total. The van der Waals surface area contributed by atoms with Gasteiger partial charge in [-0.3, -0.25) is 9.36 Å².